The fourth-order valence-corrected chi connectivity index (χ4v) is 3.12. The van der Waals surface area contributed by atoms with Gasteiger partial charge in [0, 0.05) is 11.4 Å². The van der Waals surface area contributed by atoms with E-state index in [2.05, 4.69) is 30.4 Å². The Hall–Kier alpha value is -2.58. The van der Waals surface area contributed by atoms with E-state index in [-0.39, 0.29) is 11.9 Å². The van der Waals surface area contributed by atoms with Crippen LogP contribution in [0.3, 0.4) is 0 Å². The Labute approximate surface area is 159 Å². The molecule has 0 aliphatic heterocycles. The summed E-state index contributed by atoms with van der Waals surface area (Å²) < 4.78 is 0. The van der Waals surface area contributed by atoms with Gasteiger partial charge < -0.3 is 5.32 Å². The first-order valence-electron chi connectivity index (χ1n) is 8.77. The number of benzene rings is 3. The number of amides is 1. The lowest BCUT2D eigenvalue weighted by atomic mass is 9.97. The summed E-state index contributed by atoms with van der Waals surface area (Å²) in [4.78, 5) is 12.6. The fraction of sp³-hybridized carbons (Fsp3) is 0.174. The van der Waals surface area contributed by atoms with Gasteiger partial charge in [-0.2, -0.15) is 0 Å². The molecule has 0 heterocycles. The molecule has 132 valence electrons. The molecule has 1 amide bonds. The van der Waals surface area contributed by atoms with Crippen LogP contribution in [0.1, 0.15) is 34.7 Å². The summed E-state index contributed by atoms with van der Waals surface area (Å²) in [5, 5.41) is 3.90. The molecule has 0 aliphatic carbocycles. The van der Waals surface area contributed by atoms with Crippen LogP contribution in [0.25, 0.3) is 0 Å². The van der Waals surface area contributed by atoms with E-state index in [1.165, 1.54) is 5.56 Å². The molecule has 26 heavy (non-hydrogen) atoms. The molecule has 0 spiro atoms. The lowest BCUT2D eigenvalue weighted by Crippen LogP contribution is -2.29. The normalized spacial score (nSPS) is 11.8. The summed E-state index contributed by atoms with van der Waals surface area (Å²) in [6.07, 6.45) is 1.13. The predicted octanol–water partition coefficient (Wildman–Crippen LogP) is 5.49. The van der Waals surface area contributed by atoms with Gasteiger partial charge in [0.15, 0.2) is 0 Å². The molecule has 2 nitrogen and oxygen atoms in total. The van der Waals surface area contributed by atoms with Crippen molar-refractivity contribution in [1.82, 2.24) is 5.32 Å². The van der Waals surface area contributed by atoms with E-state index in [0.717, 1.165) is 16.7 Å². The largest absolute Gasteiger partial charge is 0.345 e. The van der Waals surface area contributed by atoms with Gasteiger partial charge >= 0.3 is 0 Å². The number of hydrogen-bond donors (Lipinski definition) is 1. The van der Waals surface area contributed by atoms with Crippen LogP contribution >= 0.6 is 11.6 Å². The van der Waals surface area contributed by atoms with Gasteiger partial charge in [0.25, 0.3) is 0 Å². The van der Waals surface area contributed by atoms with Crippen molar-refractivity contribution >= 4 is 17.5 Å². The van der Waals surface area contributed by atoms with E-state index in [1.807, 2.05) is 60.7 Å². The highest BCUT2D eigenvalue weighted by molar-refractivity contribution is 6.30. The van der Waals surface area contributed by atoms with Gasteiger partial charge in [0.1, 0.15) is 0 Å². The molecule has 0 saturated heterocycles. The van der Waals surface area contributed by atoms with Gasteiger partial charge in [-0.15, -0.1) is 0 Å². The van der Waals surface area contributed by atoms with E-state index < -0.39 is 0 Å². The average molecular weight is 364 g/mol. The molecule has 0 aromatic heterocycles. The monoisotopic (exact) mass is 363 g/mol. The van der Waals surface area contributed by atoms with E-state index in [0.29, 0.717) is 17.9 Å². The molecule has 3 aromatic rings. The van der Waals surface area contributed by atoms with Crippen LogP contribution in [0.5, 0.6) is 0 Å². The zero-order chi connectivity index (χ0) is 18.4. The molecular formula is C23H22ClNO. The minimum Gasteiger partial charge on any atom is -0.345 e. The number of rotatable bonds is 6. The van der Waals surface area contributed by atoms with Gasteiger partial charge in [-0.05, 0) is 42.2 Å². The van der Waals surface area contributed by atoms with Gasteiger partial charge in [-0.1, -0.05) is 83.9 Å². The van der Waals surface area contributed by atoms with Crippen LogP contribution in [0, 0.1) is 6.92 Å². The first-order valence-corrected chi connectivity index (χ1v) is 9.15. The second-order valence-electron chi connectivity index (χ2n) is 6.45. The zero-order valence-electron chi connectivity index (χ0n) is 14.8. The maximum Gasteiger partial charge on any atom is 0.221 e. The lowest BCUT2D eigenvalue weighted by molar-refractivity contribution is -0.121. The van der Waals surface area contributed by atoms with E-state index in [1.54, 1.807) is 0 Å². The Bertz CT molecular complexity index is 859. The summed E-state index contributed by atoms with van der Waals surface area (Å²) in [7, 11) is 0. The van der Waals surface area contributed by atoms with Crippen molar-refractivity contribution in [2.24, 2.45) is 0 Å². The van der Waals surface area contributed by atoms with E-state index >= 15 is 0 Å². The topological polar surface area (TPSA) is 29.1 Å². The molecule has 0 fully saturated rings. The van der Waals surface area contributed by atoms with Crippen molar-refractivity contribution in [2.75, 3.05) is 0 Å². The van der Waals surface area contributed by atoms with Crippen LogP contribution in [-0.4, -0.2) is 5.91 Å². The molecule has 1 unspecified atom stereocenters. The van der Waals surface area contributed by atoms with Crippen molar-refractivity contribution in [1.29, 1.82) is 0 Å². The Morgan fingerprint density at radius 1 is 0.923 bits per heavy atom. The quantitative estimate of drug-likeness (QED) is 0.616. The Kier molecular flexibility index (Phi) is 6.08. The van der Waals surface area contributed by atoms with Gasteiger partial charge in [0.05, 0.1) is 6.04 Å². The minimum atomic E-state index is -0.145. The first kappa shape index (κ1) is 18.2. The van der Waals surface area contributed by atoms with Crippen molar-refractivity contribution < 1.29 is 4.79 Å². The lowest BCUT2D eigenvalue weighted by Gasteiger charge is -2.20. The highest BCUT2D eigenvalue weighted by atomic mass is 35.5. The molecule has 0 bridgehead atoms. The number of nitrogens with one attached hydrogen (secondary N) is 1. The molecule has 1 N–H and O–H groups in total. The fourth-order valence-electron chi connectivity index (χ4n) is 3.00. The number of carbonyl (C=O) groups excluding carboxylic acids is 1. The minimum absolute atomic E-state index is 0.0373. The molecule has 0 saturated carbocycles. The third kappa shape index (κ3) is 4.96. The highest BCUT2D eigenvalue weighted by Crippen LogP contribution is 2.23. The zero-order valence-corrected chi connectivity index (χ0v) is 15.5. The average Bonchev–Trinajstić information content (AvgIpc) is 2.66. The van der Waals surface area contributed by atoms with Crippen molar-refractivity contribution in [3.8, 4) is 0 Å². The SMILES string of the molecule is Cc1cccc(C(NC(=O)CCc2ccc(Cl)cc2)c2ccccc2)c1. The van der Waals surface area contributed by atoms with E-state index in [4.69, 9.17) is 11.6 Å². The highest BCUT2D eigenvalue weighted by Gasteiger charge is 2.16. The third-order valence-corrected chi connectivity index (χ3v) is 4.62. The summed E-state index contributed by atoms with van der Waals surface area (Å²) in [6, 6.07) is 25.8. The summed E-state index contributed by atoms with van der Waals surface area (Å²) in [5.74, 6) is 0.0373. The van der Waals surface area contributed by atoms with Crippen molar-refractivity contribution in [2.45, 2.75) is 25.8 Å². The maximum absolute atomic E-state index is 12.6. The summed E-state index contributed by atoms with van der Waals surface area (Å²) >= 11 is 5.91. The number of halogens is 1. The standard InChI is InChI=1S/C23H22ClNO/c1-17-6-5-9-20(16-17)23(19-7-3-2-4-8-19)25-22(26)15-12-18-10-13-21(24)14-11-18/h2-11,13-14,16,23H,12,15H2,1H3,(H,25,26). The Morgan fingerprint density at radius 2 is 1.62 bits per heavy atom. The third-order valence-electron chi connectivity index (χ3n) is 4.37. The van der Waals surface area contributed by atoms with Crippen LogP contribution < -0.4 is 5.32 Å². The number of carbonyl (C=O) groups is 1. The molecule has 1 atom stereocenters. The van der Waals surface area contributed by atoms with Gasteiger partial charge in [-0.25, -0.2) is 0 Å². The molecule has 3 heteroatoms. The van der Waals surface area contributed by atoms with Crippen molar-refractivity contribution in [3.63, 3.8) is 0 Å². The second kappa shape index (κ2) is 8.68. The molecular weight excluding hydrogens is 342 g/mol. The smallest absolute Gasteiger partial charge is 0.221 e. The van der Waals surface area contributed by atoms with Gasteiger partial charge in [-0.3, -0.25) is 4.79 Å². The Balaban J connectivity index is 1.73. The first-order chi connectivity index (χ1) is 12.6. The van der Waals surface area contributed by atoms with Crippen LogP contribution in [0.4, 0.5) is 0 Å². The van der Waals surface area contributed by atoms with E-state index in [9.17, 15) is 4.79 Å². The number of hydrogen-bond acceptors (Lipinski definition) is 1. The molecule has 3 aromatic carbocycles. The summed E-state index contributed by atoms with van der Waals surface area (Å²) in [6.45, 7) is 2.06. The van der Waals surface area contributed by atoms with Crippen LogP contribution in [0.2, 0.25) is 5.02 Å². The molecule has 0 radical (unpaired) electrons. The number of aryl methyl sites for hydroxylation is 2. The molecule has 0 aliphatic rings. The maximum atomic E-state index is 12.6. The van der Waals surface area contributed by atoms with Gasteiger partial charge in [0.2, 0.25) is 5.91 Å². The summed E-state index contributed by atoms with van der Waals surface area (Å²) in [5.41, 5.74) is 4.46. The Morgan fingerprint density at radius 3 is 2.31 bits per heavy atom. The second-order valence-corrected chi connectivity index (χ2v) is 6.89. The van der Waals surface area contributed by atoms with Crippen LogP contribution in [-0.2, 0) is 11.2 Å². The van der Waals surface area contributed by atoms with Crippen LogP contribution in [0.15, 0.2) is 78.9 Å². The predicted molar refractivity (Wildman–Crippen MR) is 107 cm³/mol. The molecule has 3 rings (SSSR count). The van der Waals surface area contributed by atoms with Crippen molar-refractivity contribution in [3.05, 3.63) is 106 Å².